The maximum Gasteiger partial charge on any atom is 0.338 e. The highest BCUT2D eigenvalue weighted by molar-refractivity contribution is 7.07. The number of furan rings is 1. The highest BCUT2D eigenvalue weighted by atomic mass is 32.1. The normalized spacial score (nSPS) is 14.8. The summed E-state index contributed by atoms with van der Waals surface area (Å²) in [6.45, 7) is 3.57. The molecular formula is C30H26N2O8S. The van der Waals surface area contributed by atoms with Gasteiger partial charge >= 0.3 is 11.9 Å². The van der Waals surface area contributed by atoms with Crippen LogP contribution in [-0.4, -0.2) is 42.4 Å². The molecule has 5 rings (SSSR count). The van der Waals surface area contributed by atoms with Crippen LogP contribution in [0.5, 0.6) is 11.5 Å². The number of aromatic carboxylic acids is 1. The Bertz CT molecular complexity index is 1880. The Morgan fingerprint density at radius 2 is 1.85 bits per heavy atom. The van der Waals surface area contributed by atoms with Gasteiger partial charge in [0.15, 0.2) is 16.3 Å². The van der Waals surface area contributed by atoms with E-state index in [2.05, 4.69) is 4.99 Å². The van der Waals surface area contributed by atoms with Crippen LogP contribution in [0.2, 0.25) is 0 Å². The van der Waals surface area contributed by atoms with E-state index in [-0.39, 0.29) is 23.3 Å². The Kier molecular flexibility index (Phi) is 7.62. The third kappa shape index (κ3) is 5.07. The van der Waals surface area contributed by atoms with Gasteiger partial charge in [-0.2, -0.15) is 0 Å². The van der Waals surface area contributed by atoms with E-state index in [0.717, 1.165) is 11.3 Å². The van der Waals surface area contributed by atoms with Gasteiger partial charge in [0.1, 0.15) is 11.5 Å². The zero-order chi connectivity index (χ0) is 29.3. The van der Waals surface area contributed by atoms with Crippen LogP contribution in [0.3, 0.4) is 0 Å². The number of carbonyl (C=O) groups excluding carboxylic acids is 1. The third-order valence-corrected chi connectivity index (χ3v) is 7.55. The van der Waals surface area contributed by atoms with Gasteiger partial charge < -0.3 is 23.7 Å². The molecule has 1 atom stereocenters. The lowest BCUT2D eigenvalue weighted by atomic mass is 9.95. The van der Waals surface area contributed by atoms with Gasteiger partial charge in [-0.15, -0.1) is 0 Å². The second-order valence-corrected chi connectivity index (χ2v) is 9.98. The molecule has 0 aliphatic carbocycles. The third-order valence-electron chi connectivity index (χ3n) is 6.56. The number of hydrogen-bond acceptors (Lipinski definition) is 9. The number of allylic oxidation sites excluding steroid dienone is 1. The van der Waals surface area contributed by atoms with Crippen molar-refractivity contribution < 1.29 is 33.3 Å². The number of ether oxygens (including phenoxy) is 3. The summed E-state index contributed by atoms with van der Waals surface area (Å²) < 4.78 is 23.9. The number of thiazole rings is 1. The molecule has 210 valence electrons. The molecule has 0 radical (unpaired) electrons. The maximum absolute atomic E-state index is 13.9. The average molecular weight is 575 g/mol. The standard InChI is InChI=1S/C30H26N2O8S/c1-5-39-29(36)25-16(2)31-30-32(26(25)17-10-12-22(37-3)23(14-17)38-4)27(33)24(41-30)15-18-11-13-21(40-18)19-8-6-7-9-20(19)28(34)35/h6-15,26H,5H2,1-4H3,(H,34,35)/b24-15-/t26-/m1/s1. The van der Waals surface area contributed by atoms with E-state index in [1.165, 1.54) is 24.9 Å². The molecule has 0 fully saturated rings. The van der Waals surface area contributed by atoms with Gasteiger partial charge in [0.25, 0.3) is 5.56 Å². The molecule has 2 aromatic heterocycles. The van der Waals surface area contributed by atoms with Crippen LogP contribution < -0.4 is 24.4 Å². The second-order valence-electron chi connectivity index (χ2n) is 8.97. The monoisotopic (exact) mass is 574 g/mol. The Morgan fingerprint density at radius 3 is 2.56 bits per heavy atom. The minimum Gasteiger partial charge on any atom is -0.493 e. The number of nitrogens with zero attached hydrogens (tertiary/aromatic N) is 2. The molecule has 0 amide bonds. The number of rotatable bonds is 8. The van der Waals surface area contributed by atoms with Crippen molar-refractivity contribution in [1.29, 1.82) is 0 Å². The topological polar surface area (TPSA) is 130 Å². The van der Waals surface area contributed by atoms with Crippen molar-refractivity contribution in [3.63, 3.8) is 0 Å². The summed E-state index contributed by atoms with van der Waals surface area (Å²) in [5, 5.41) is 9.54. The first-order valence-electron chi connectivity index (χ1n) is 12.6. The smallest absolute Gasteiger partial charge is 0.338 e. The van der Waals surface area contributed by atoms with Gasteiger partial charge in [0, 0.05) is 11.6 Å². The average Bonchev–Trinajstić information content (AvgIpc) is 3.56. The van der Waals surface area contributed by atoms with Crippen molar-refractivity contribution in [2.24, 2.45) is 4.99 Å². The first-order chi connectivity index (χ1) is 19.8. The minimum atomic E-state index is -1.07. The van der Waals surface area contributed by atoms with E-state index in [0.29, 0.717) is 49.2 Å². The molecule has 3 heterocycles. The molecule has 0 saturated heterocycles. The summed E-state index contributed by atoms with van der Waals surface area (Å²) in [5.41, 5.74) is 1.42. The number of carbonyl (C=O) groups is 2. The van der Waals surface area contributed by atoms with Crippen LogP contribution >= 0.6 is 11.3 Å². The van der Waals surface area contributed by atoms with E-state index < -0.39 is 18.0 Å². The Balaban J connectivity index is 1.66. The van der Waals surface area contributed by atoms with E-state index in [9.17, 15) is 19.5 Å². The Labute approximate surface area is 238 Å². The summed E-state index contributed by atoms with van der Waals surface area (Å²) in [6.07, 6.45) is 1.58. The zero-order valence-electron chi connectivity index (χ0n) is 22.7. The van der Waals surface area contributed by atoms with E-state index in [4.69, 9.17) is 18.6 Å². The number of carboxylic acids is 1. The van der Waals surface area contributed by atoms with Crippen LogP contribution in [0, 0.1) is 0 Å². The van der Waals surface area contributed by atoms with E-state index in [1.54, 1.807) is 68.5 Å². The molecule has 0 saturated carbocycles. The van der Waals surface area contributed by atoms with Gasteiger partial charge in [-0.05, 0) is 49.7 Å². The molecule has 0 spiro atoms. The summed E-state index contributed by atoms with van der Waals surface area (Å²) in [4.78, 5) is 43.6. The number of aromatic nitrogens is 1. The summed E-state index contributed by atoms with van der Waals surface area (Å²) >= 11 is 1.15. The highest BCUT2D eigenvalue weighted by Gasteiger charge is 2.34. The number of fused-ring (bicyclic) bond motifs is 1. The Morgan fingerprint density at radius 1 is 1.10 bits per heavy atom. The molecule has 2 aromatic carbocycles. The van der Waals surface area contributed by atoms with Crippen LogP contribution in [0.4, 0.5) is 0 Å². The van der Waals surface area contributed by atoms with Gasteiger partial charge in [-0.3, -0.25) is 9.36 Å². The molecule has 11 heteroatoms. The molecule has 41 heavy (non-hydrogen) atoms. The van der Waals surface area contributed by atoms with Crippen LogP contribution in [0.15, 0.2) is 80.1 Å². The van der Waals surface area contributed by atoms with Gasteiger partial charge in [-0.1, -0.05) is 35.6 Å². The summed E-state index contributed by atoms with van der Waals surface area (Å²) in [7, 11) is 3.03. The molecule has 4 aromatic rings. The van der Waals surface area contributed by atoms with Crippen molar-refractivity contribution in [3.8, 4) is 22.8 Å². The SMILES string of the molecule is CCOC(=O)C1=C(C)N=c2s/c(=C\c3ccc(-c4ccccc4C(=O)O)o3)c(=O)n2[C@@H]1c1ccc(OC)c(OC)c1. The fraction of sp³-hybridized carbons (Fsp3) is 0.200. The summed E-state index contributed by atoms with van der Waals surface area (Å²) in [5.74, 6) is 0.000363. The first kappa shape index (κ1) is 27.7. The predicted molar refractivity (Wildman–Crippen MR) is 151 cm³/mol. The molecule has 1 aliphatic rings. The van der Waals surface area contributed by atoms with Gasteiger partial charge in [0.2, 0.25) is 0 Å². The molecule has 0 unspecified atom stereocenters. The second kappa shape index (κ2) is 11.3. The van der Waals surface area contributed by atoms with Crippen LogP contribution in [0.1, 0.15) is 41.6 Å². The first-order valence-corrected chi connectivity index (χ1v) is 13.4. The fourth-order valence-electron chi connectivity index (χ4n) is 4.72. The Hall–Kier alpha value is -4.90. The molecule has 1 N–H and O–H groups in total. The number of methoxy groups -OCH3 is 2. The van der Waals surface area contributed by atoms with Crippen LogP contribution in [0.25, 0.3) is 17.4 Å². The fourth-order valence-corrected chi connectivity index (χ4v) is 5.75. The quantitative estimate of drug-likeness (QED) is 0.315. The van der Waals surface area contributed by atoms with E-state index in [1.807, 2.05) is 0 Å². The number of carboxylic acid groups (broad SMARTS) is 1. The summed E-state index contributed by atoms with van der Waals surface area (Å²) in [6, 6.07) is 14.2. The molecule has 1 aliphatic heterocycles. The maximum atomic E-state index is 13.9. The lowest BCUT2D eigenvalue weighted by molar-refractivity contribution is -0.139. The number of benzene rings is 2. The van der Waals surface area contributed by atoms with Gasteiger partial charge in [0.05, 0.1) is 48.2 Å². The van der Waals surface area contributed by atoms with Crippen LogP contribution in [-0.2, 0) is 9.53 Å². The highest BCUT2D eigenvalue weighted by Crippen LogP contribution is 2.36. The lowest BCUT2D eigenvalue weighted by Gasteiger charge is -2.25. The molecular weight excluding hydrogens is 548 g/mol. The zero-order valence-corrected chi connectivity index (χ0v) is 23.5. The predicted octanol–water partition coefficient (Wildman–Crippen LogP) is 3.77. The molecule has 10 nitrogen and oxygen atoms in total. The van der Waals surface area contributed by atoms with Crippen molar-refractivity contribution >= 4 is 29.4 Å². The van der Waals surface area contributed by atoms with Crippen molar-refractivity contribution in [2.75, 3.05) is 20.8 Å². The van der Waals surface area contributed by atoms with Gasteiger partial charge in [-0.25, -0.2) is 14.6 Å². The van der Waals surface area contributed by atoms with Crippen molar-refractivity contribution in [2.45, 2.75) is 19.9 Å². The minimum absolute atomic E-state index is 0.102. The largest absolute Gasteiger partial charge is 0.493 e. The van der Waals surface area contributed by atoms with Crippen molar-refractivity contribution in [3.05, 3.63) is 102 Å². The van der Waals surface area contributed by atoms with E-state index >= 15 is 0 Å². The van der Waals surface area contributed by atoms with Crippen molar-refractivity contribution in [1.82, 2.24) is 4.57 Å². The number of esters is 1. The lowest BCUT2D eigenvalue weighted by Crippen LogP contribution is -2.39. The number of hydrogen-bond donors (Lipinski definition) is 1. The molecule has 0 bridgehead atoms.